The summed E-state index contributed by atoms with van der Waals surface area (Å²) in [7, 11) is 0. The molecule has 0 N–H and O–H groups in total. The molecule has 2 aromatic rings. The molecule has 0 saturated carbocycles. The van der Waals surface area contributed by atoms with Crippen molar-refractivity contribution in [2.75, 3.05) is 19.0 Å². The second-order valence-corrected chi connectivity index (χ2v) is 5.51. The van der Waals surface area contributed by atoms with Crippen molar-refractivity contribution in [3.05, 3.63) is 29.0 Å². The number of nitrogens with zero attached hydrogens (tertiary/aromatic N) is 3. The van der Waals surface area contributed by atoms with Gasteiger partial charge < -0.3 is 9.47 Å². The molecule has 4 nitrogen and oxygen atoms in total. The van der Waals surface area contributed by atoms with Crippen molar-refractivity contribution >= 4 is 40.1 Å². The molecule has 1 aromatic carbocycles. The molecule has 0 saturated heterocycles. The lowest BCUT2D eigenvalue weighted by atomic mass is 10.3. The average Bonchev–Trinajstić information content (AvgIpc) is 2.80. The van der Waals surface area contributed by atoms with Gasteiger partial charge in [-0.2, -0.15) is 0 Å². The number of hydrogen-bond donors (Lipinski definition) is 0. The van der Waals surface area contributed by atoms with E-state index in [0.29, 0.717) is 30.4 Å². The first-order valence-corrected chi connectivity index (χ1v) is 8.00. The fourth-order valence-electron chi connectivity index (χ4n) is 2.45. The molecule has 0 atom stereocenters. The van der Waals surface area contributed by atoms with E-state index in [0.717, 1.165) is 16.9 Å². The summed E-state index contributed by atoms with van der Waals surface area (Å²) in [6, 6.07) is 5.57. The number of alkyl halides is 1. The first kappa shape index (κ1) is 16.1. The minimum Gasteiger partial charge on any atom is -0.342 e. The van der Waals surface area contributed by atoms with Gasteiger partial charge >= 0.3 is 0 Å². The number of imidazole rings is 1. The number of amides is 1. The van der Waals surface area contributed by atoms with Gasteiger partial charge in [0, 0.05) is 25.4 Å². The molecule has 21 heavy (non-hydrogen) atoms. The van der Waals surface area contributed by atoms with Crippen LogP contribution in [-0.4, -0.2) is 39.3 Å². The molecular weight excluding hydrogens is 309 g/mol. The number of carbonyl (C=O) groups excluding carboxylic acids is 1. The standard InChI is InChI=1S/C15H19Cl2N3O/c1-3-19(4-2)14(21)10-20-13(8-9-16)18-12-7-5-6-11(17)15(12)20/h5-7H,3-4,8-10H2,1-2H3. The van der Waals surface area contributed by atoms with E-state index >= 15 is 0 Å². The highest BCUT2D eigenvalue weighted by Gasteiger charge is 2.17. The molecule has 6 heteroatoms. The van der Waals surface area contributed by atoms with Gasteiger partial charge in [0.15, 0.2) is 0 Å². The Bertz CT molecular complexity index is 635. The van der Waals surface area contributed by atoms with Crippen molar-refractivity contribution in [1.82, 2.24) is 14.5 Å². The largest absolute Gasteiger partial charge is 0.342 e. The van der Waals surface area contributed by atoms with Crippen LogP contribution in [0.1, 0.15) is 19.7 Å². The van der Waals surface area contributed by atoms with E-state index in [1.807, 2.05) is 36.6 Å². The highest BCUT2D eigenvalue weighted by molar-refractivity contribution is 6.35. The zero-order chi connectivity index (χ0) is 15.4. The Morgan fingerprint density at radius 3 is 2.67 bits per heavy atom. The van der Waals surface area contributed by atoms with Crippen molar-refractivity contribution in [1.29, 1.82) is 0 Å². The Kier molecular flexibility index (Phi) is 5.48. The molecule has 1 amide bonds. The van der Waals surface area contributed by atoms with Gasteiger partial charge in [-0.1, -0.05) is 17.7 Å². The molecule has 0 aliphatic heterocycles. The van der Waals surface area contributed by atoms with Crippen molar-refractivity contribution in [2.24, 2.45) is 0 Å². The van der Waals surface area contributed by atoms with E-state index in [1.54, 1.807) is 4.90 Å². The van der Waals surface area contributed by atoms with E-state index in [-0.39, 0.29) is 12.5 Å². The lowest BCUT2D eigenvalue weighted by Crippen LogP contribution is -2.33. The minimum atomic E-state index is 0.0649. The SMILES string of the molecule is CCN(CC)C(=O)Cn1c(CCCl)nc2cccc(Cl)c21. The fourth-order valence-corrected chi connectivity index (χ4v) is 2.89. The number of fused-ring (bicyclic) bond motifs is 1. The van der Waals surface area contributed by atoms with Crippen LogP contribution in [0.2, 0.25) is 5.02 Å². The zero-order valence-electron chi connectivity index (χ0n) is 12.3. The van der Waals surface area contributed by atoms with Crippen LogP contribution < -0.4 is 0 Å². The molecule has 114 valence electrons. The predicted octanol–water partition coefficient (Wildman–Crippen LogP) is 3.34. The van der Waals surface area contributed by atoms with E-state index in [2.05, 4.69) is 4.98 Å². The molecular formula is C15H19Cl2N3O. The maximum Gasteiger partial charge on any atom is 0.242 e. The van der Waals surface area contributed by atoms with Crippen molar-refractivity contribution in [2.45, 2.75) is 26.8 Å². The number of rotatable bonds is 6. The van der Waals surface area contributed by atoms with Crippen LogP contribution in [-0.2, 0) is 17.8 Å². The van der Waals surface area contributed by atoms with Gasteiger partial charge in [0.25, 0.3) is 0 Å². The summed E-state index contributed by atoms with van der Waals surface area (Å²) in [5.74, 6) is 1.32. The Balaban J connectivity index is 2.45. The summed E-state index contributed by atoms with van der Waals surface area (Å²) < 4.78 is 1.89. The molecule has 0 unspecified atom stereocenters. The van der Waals surface area contributed by atoms with Crippen LogP contribution in [0, 0.1) is 0 Å². The number of benzene rings is 1. The highest BCUT2D eigenvalue weighted by Crippen LogP contribution is 2.25. The van der Waals surface area contributed by atoms with Crippen molar-refractivity contribution in [3.63, 3.8) is 0 Å². The van der Waals surface area contributed by atoms with E-state index in [9.17, 15) is 4.79 Å². The van der Waals surface area contributed by atoms with Gasteiger partial charge in [0.1, 0.15) is 12.4 Å². The van der Waals surface area contributed by atoms with E-state index in [1.165, 1.54) is 0 Å². The molecule has 0 aliphatic rings. The number of halogens is 2. The molecule has 1 aromatic heterocycles. The monoisotopic (exact) mass is 327 g/mol. The van der Waals surface area contributed by atoms with Crippen LogP contribution in [0.25, 0.3) is 11.0 Å². The topological polar surface area (TPSA) is 38.1 Å². The number of hydrogen-bond acceptors (Lipinski definition) is 2. The number of likely N-dealkylation sites (N-methyl/N-ethyl adjacent to an activating group) is 1. The van der Waals surface area contributed by atoms with Gasteiger partial charge in [-0.25, -0.2) is 4.98 Å². The first-order chi connectivity index (χ1) is 10.1. The Morgan fingerprint density at radius 2 is 2.05 bits per heavy atom. The molecule has 2 rings (SSSR count). The molecule has 0 radical (unpaired) electrons. The van der Waals surface area contributed by atoms with Gasteiger partial charge in [-0.05, 0) is 26.0 Å². The van der Waals surface area contributed by atoms with Gasteiger partial charge in [0.05, 0.1) is 16.1 Å². The summed E-state index contributed by atoms with van der Waals surface area (Å²) in [5, 5.41) is 0.605. The zero-order valence-corrected chi connectivity index (χ0v) is 13.8. The van der Waals surface area contributed by atoms with E-state index < -0.39 is 0 Å². The molecule has 0 bridgehead atoms. The van der Waals surface area contributed by atoms with Crippen LogP contribution >= 0.6 is 23.2 Å². The first-order valence-electron chi connectivity index (χ1n) is 7.09. The normalized spacial score (nSPS) is 11.0. The quantitative estimate of drug-likeness (QED) is 0.763. The Labute approximate surface area is 134 Å². The summed E-state index contributed by atoms with van der Waals surface area (Å²) >= 11 is 12.1. The van der Waals surface area contributed by atoms with Crippen LogP contribution in [0.5, 0.6) is 0 Å². The number of carbonyl (C=O) groups is 1. The summed E-state index contributed by atoms with van der Waals surface area (Å²) in [4.78, 5) is 18.7. The summed E-state index contributed by atoms with van der Waals surface area (Å²) in [5.41, 5.74) is 1.61. The number of aryl methyl sites for hydroxylation is 1. The fraction of sp³-hybridized carbons (Fsp3) is 0.467. The Morgan fingerprint density at radius 1 is 1.33 bits per heavy atom. The van der Waals surface area contributed by atoms with Crippen LogP contribution in [0.3, 0.4) is 0 Å². The van der Waals surface area contributed by atoms with Crippen molar-refractivity contribution in [3.8, 4) is 0 Å². The number of aromatic nitrogens is 2. The van der Waals surface area contributed by atoms with Gasteiger partial charge in [-0.3, -0.25) is 4.79 Å². The second kappa shape index (κ2) is 7.14. The molecule has 0 fully saturated rings. The predicted molar refractivity (Wildman–Crippen MR) is 87.1 cm³/mol. The number of para-hydroxylation sites is 1. The average molecular weight is 328 g/mol. The third-order valence-electron chi connectivity index (χ3n) is 3.52. The van der Waals surface area contributed by atoms with Crippen LogP contribution in [0.4, 0.5) is 0 Å². The van der Waals surface area contributed by atoms with Crippen molar-refractivity contribution < 1.29 is 4.79 Å². The third-order valence-corrected chi connectivity index (χ3v) is 4.02. The maximum atomic E-state index is 12.4. The van der Waals surface area contributed by atoms with Gasteiger partial charge in [-0.15, -0.1) is 11.6 Å². The smallest absolute Gasteiger partial charge is 0.242 e. The molecule has 0 spiro atoms. The maximum absolute atomic E-state index is 12.4. The highest BCUT2D eigenvalue weighted by atomic mass is 35.5. The summed E-state index contributed by atoms with van der Waals surface area (Å²) in [6.07, 6.45) is 0.609. The summed E-state index contributed by atoms with van der Waals surface area (Å²) in [6.45, 7) is 5.58. The molecule has 0 aliphatic carbocycles. The lowest BCUT2D eigenvalue weighted by Gasteiger charge is -2.20. The molecule has 1 heterocycles. The Hall–Kier alpha value is -1.26. The lowest BCUT2D eigenvalue weighted by molar-refractivity contribution is -0.131. The van der Waals surface area contributed by atoms with Crippen LogP contribution in [0.15, 0.2) is 18.2 Å². The van der Waals surface area contributed by atoms with Gasteiger partial charge in [0.2, 0.25) is 5.91 Å². The minimum absolute atomic E-state index is 0.0649. The second-order valence-electron chi connectivity index (χ2n) is 4.73. The third kappa shape index (κ3) is 3.33. The van der Waals surface area contributed by atoms with E-state index in [4.69, 9.17) is 23.2 Å².